The molecule has 0 spiro atoms. The van der Waals surface area contributed by atoms with Gasteiger partial charge in [-0.25, -0.2) is 0 Å². The number of rotatable bonds is 6. The molecule has 0 aromatic carbocycles. The molecule has 0 radical (unpaired) electrons. The molecule has 14 heavy (non-hydrogen) atoms. The molecule has 1 unspecified atom stereocenters. The highest BCUT2D eigenvalue weighted by atomic mass is 15.2. The molecule has 1 aliphatic rings. The first-order chi connectivity index (χ1) is 6.74. The zero-order valence-corrected chi connectivity index (χ0v) is 9.84. The van der Waals surface area contributed by atoms with Crippen LogP contribution in [-0.4, -0.2) is 50.2 Å². The Balaban J connectivity index is 2.26. The van der Waals surface area contributed by atoms with Crippen LogP contribution in [-0.2, 0) is 0 Å². The molecule has 1 rings (SSSR count). The van der Waals surface area contributed by atoms with Crippen LogP contribution in [0.4, 0.5) is 0 Å². The summed E-state index contributed by atoms with van der Waals surface area (Å²) in [5.41, 5.74) is 0. The summed E-state index contributed by atoms with van der Waals surface area (Å²) >= 11 is 0. The van der Waals surface area contributed by atoms with Gasteiger partial charge in [0, 0.05) is 31.7 Å². The summed E-state index contributed by atoms with van der Waals surface area (Å²) < 4.78 is 0. The molecule has 0 aromatic heterocycles. The summed E-state index contributed by atoms with van der Waals surface area (Å²) in [6.07, 6.45) is 2.70. The first-order valence-corrected chi connectivity index (χ1v) is 5.86. The Labute approximate surface area is 88.2 Å². The van der Waals surface area contributed by atoms with E-state index >= 15 is 0 Å². The Morgan fingerprint density at radius 3 is 2.79 bits per heavy atom. The van der Waals surface area contributed by atoms with Crippen molar-refractivity contribution in [3.05, 3.63) is 0 Å². The van der Waals surface area contributed by atoms with E-state index in [-0.39, 0.29) is 0 Å². The van der Waals surface area contributed by atoms with Crippen LogP contribution < -0.4 is 10.6 Å². The van der Waals surface area contributed by atoms with Crippen molar-refractivity contribution in [1.29, 1.82) is 0 Å². The van der Waals surface area contributed by atoms with Crippen LogP contribution in [0.1, 0.15) is 26.7 Å². The summed E-state index contributed by atoms with van der Waals surface area (Å²) in [6.45, 7) is 9.23. The van der Waals surface area contributed by atoms with Gasteiger partial charge in [0.1, 0.15) is 0 Å². The molecule has 1 heterocycles. The molecule has 0 aromatic rings. The third-order valence-corrected chi connectivity index (χ3v) is 3.00. The molecule has 1 saturated heterocycles. The predicted octanol–water partition coefficient (Wildman–Crippen LogP) is 0.668. The number of hydrogen-bond donors (Lipinski definition) is 2. The Hall–Kier alpha value is -0.120. The quantitative estimate of drug-likeness (QED) is 0.658. The van der Waals surface area contributed by atoms with E-state index in [4.69, 9.17) is 0 Å². The van der Waals surface area contributed by atoms with Crippen LogP contribution in [0.2, 0.25) is 0 Å². The minimum Gasteiger partial charge on any atom is -0.318 e. The number of likely N-dealkylation sites (N-methyl/N-ethyl adjacent to an activating group) is 1. The SMILES string of the molecule is CNCCN(CC1CCCN1)C(C)C. The van der Waals surface area contributed by atoms with Crippen molar-refractivity contribution in [3.8, 4) is 0 Å². The average molecular weight is 199 g/mol. The highest BCUT2D eigenvalue weighted by molar-refractivity contribution is 4.79. The lowest BCUT2D eigenvalue weighted by Gasteiger charge is -2.29. The predicted molar refractivity (Wildman–Crippen MR) is 61.7 cm³/mol. The van der Waals surface area contributed by atoms with Crippen LogP contribution in [0.5, 0.6) is 0 Å². The molecule has 3 nitrogen and oxygen atoms in total. The van der Waals surface area contributed by atoms with Gasteiger partial charge in [-0.1, -0.05) is 0 Å². The first kappa shape index (κ1) is 12.0. The summed E-state index contributed by atoms with van der Waals surface area (Å²) in [5.74, 6) is 0. The lowest BCUT2D eigenvalue weighted by Crippen LogP contribution is -2.43. The summed E-state index contributed by atoms with van der Waals surface area (Å²) in [7, 11) is 2.02. The van der Waals surface area contributed by atoms with Crippen molar-refractivity contribution >= 4 is 0 Å². The third-order valence-electron chi connectivity index (χ3n) is 3.00. The van der Waals surface area contributed by atoms with Gasteiger partial charge in [0.05, 0.1) is 0 Å². The second kappa shape index (κ2) is 6.38. The molecule has 0 saturated carbocycles. The van der Waals surface area contributed by atoms with Crippen LogP contribution in [0.15, 0.2) is 0 Å². The molecule has 1 atom stereocenters. The van der Waals surface area contributed by atoms with Gasteiger partial charge < -0.3 is 10.6 Å². The molecule has 0 amide bonds. The normalized spacial score (nSPS) is 22.5. The number of nitrogens with zero attached hydrogens (tertiary/aromatic N) is 1. The molecular formula is C11H25N3. The smallest absolute Gasteiger partial charge is 0.0195 e. The van der Waals surface area contributed by atoms with E-state index < -0.39 is 0 Å². The molecule has 1 aliphatic heterocycles. The highest BCUT2D eigenvalue weighted by Crippen LogP contribution is 2.08. The summed E-state index contributed by atoms with van der Waals surface area (Å²) in [4.78, 5) is 2.56. The topological polar surface area (TPSA) is 27.3 Å². The first-order valence-electron chi connectivity index (χ1n) is 5.86. The van der Waals surface area contributed by atoms with Gasteiger partial charge >= 0.3 is 0 Å². The monoisotopic (exact) mass is 199 g/mol. The van der Waals surface area contributed by atoms with Gasteiger partial charge in [-0.15, -0.1) is 0 Å². The molecule has 2 N–H and O–H groups in total. The van der Waals surface area contributed by atoms with Gasteiger partial charge in [-0.2, -0.15) is 0 Å². The van der Waals surface area contributed by atoms with E-state index in [1.54, 1.807) is 0 Å². The van der Waals surface area contributed by atoms with E-state index in [1.807, 2.05) is 7.05 Å². The Bertz CT molecular complexity index is 141. The fourth-order valence-corrected chi connectivity index (χ4v) is 2.01. The lowest BCUT2D eigenvalue weighted by atomic mass is 10.2. The fraction of sp³-hybridized carbons (Fsp3) is 1.00. The Kier molecular flexibility index (Phi) is 5.45. The van der Waals surface area contributed by atoms with E-state index in [0.29, 0.717) is 6.04 Å². The third kappa shape index (κ3) is 3.95. The van der Waals surface area contributed by atoms with Crippen molar-refractivity contribution in [3.63, 3.8) is 0 Å². The fourth-order valence-electron chi connectivity index (χ4n) is 2.01. The van der Waals surface area contributed by atoms with Crippen molar-refractivity contribution in [2.75, 3.05) is 33.2 Å². The van der Waals surface area contributed by atoms with Crippen molar-refractivity contribution in [1.82, 2.24) is 15.5 Å². The molecule has 3 heteroatoms. The Morgan fingerprint density at radius 2 is 2.29 bits per heavy atom. The van der Waals surface area contributed by atoms with Crippen LogP contribution in [0.25, 0.3) is 0 Å². The summed E-state index contributed by atoms with van der Waals surface area (Å²) in [5, 5.41) is 6.77. The van der Waals surface area contributed by atoms with Gasteiger partial charge in [0.2, 0.25) is 0 Å². The lowest BCUT2D eigenvalue weighted by molar-refractivity contribution is 0.204. The number of hydrogen-bond acceptors (Lipinski definition) is 3. The second-order valence-corrected chi connectivity index (χ2v) is 4.49. The van der Waals surface area contributed by atoms with Crippen molar-refractivity contribution < 1.29 is 0 Å². The van der Waals surface area contributed by atoms with E-state index in [9.17, 15) is 0 Å². The maximum atomic E-state index is 3.56. The minimum atomic E-state index is 0.658. The van der Waals surface area contributed by atoms with Crippen LogP contribution in [0.3, 0.4) is 0 Å². The van der Waals surface area contributed by atoms with Crippen molar-refractivity contribution in [2.45, 2.75) is 38.8 Å². The zero-order valence-electron chi connectivity index (χ0n) is 9.84. The van der Waals surface area contributed by atoms with Crippen LogP contribution >= 0.6 is 0 Å². The number of nitrogens with one attached hydrogen (secondary N) is 2. The van der Waals surface area contributed by atoms with Gasteiger partial charge in [-0.05, 0) is 40.3 Å². The average Bonchev–Trinajstić information content (AvgIpc) is 2.64. The van der Waals surface area contributed by atoms with E-state index in [2.05, 4.69) is 29.4 Å². The van der Waals surface area contributed by atoms with Gasteiger partial charge in [-0.3, -0.25) is 4.90 Å². The molecular weight excluding hydrogens is 174 g/mol. The largest absolute Gasteiger partial charge is 0.318 e. The second-order valence-electron chi connectivity index (χ2n) is 4.49. The van der Waals surface area contributed by atoms with E-state index in [1.165, 1.54) is 25.9 Å². The standard InChI is InChI=1S/C11H25N3/c1-10(2)14(8-7-12-3)9-11-5-4-6-13-11/h10-13H,4-9H2,1-3H3. The highest BCUT2D eigenvalue weighted by Gasteiger charge is 2.18. The van der Waals surface area contributed by atoms with Crippen LogP contribution in [0, 0.1) is 0 Å². The Morgan fingerprint density at radius 1 is 1.50 bits per heavy atom. The van der Waals surface area contributed by atoms with Gasteiger partial charge in [0.25, 0.3) is 0 Å². The minimum absolute atomic E-state index is 0.658. The maximum Gasteiger partial charge on any atom is 0.0195 e. The molecule has 0 bridgehead atoms. The van der Waals surface area contributed by atoms with Crippen molar-refractivity contribution in [2.24, 2.45) is 0 Å². The molecule has 1 fully saturated rings. The molecule has 84 valence electrons. The maximum absolute atomic E-state index is 3.56. The molecule has 0 aliphatic carbocycles. The summed E-state index contributed by atoms with van der Waals surface area (Å²) in [6, 6.07) is 1.39. The van der Waals surface area contributed by atoms with E-state index in [0.717, 1.165) is 19.1 Å². The zero-order chi connectivity index (χ0) is 10.4. The van der Waals surface area contributed by atoms with Gasteiger partial charge in [0.15, 0.2) is 0 Å².